The van der Waals surface area contributed by atoms with Gasteiger partial charge >= 0.3 is 0 Å². The first kappa shape index (κ1) is 15.3. The molecule has 0 aliphatic heterocycles. The Morgan fingerprint density at radius 1 is 1.62 bits per heavy atom. The van der Waals surface area contributed by atoms with Gasteiger partial charge in [-0.1, -0.05) is 20.3 Å². The van der Waals surface area contributed by atoms with Crippen molar-refractivity contribution in [1.29, 1.82) is 5.26 Å². The Labute approximate surface area is 103 Å². The maximum atomic E-state index is 11.2. The number of hydrogen-bond acceptors (Lipinski definition) is 4. The predicted molar refractivity (Wildman–Crippen MR) is 67.8 cm³/mol. The molecule has 0 spiro atoms. The van der Waals surface area contributed by atoms with E-state index >= 15 is 0 Å². The van der Waals surface area contributed by atoms with Crippen molar-refractivity contribution >= 4 is 18.5 Å². The second-order valence-corrected chi connectivity index (χ2v) is 4.74. The van der Waals surface area contributed by atoms with Gasteiger partial charge in [0, 0.05) is 13.0 Å². The van der Waals surface area contributed by atoms with Crippen LogP contribution in [0.3, 0.4) is 0 Å². The molecule has 3 N–H and O–H groups in total. The SMILES string of the molecule is CCCC(CC#N)CNC(S)(CC)C(N)=O. The lowest BCUT2D eigenvalue weighted by molar-refractivity contribution is -0.121. The van der Waals surface area contributed by atoms with Gasteiger partial charge in [0.25, 0.3) is 0 Å². The summed E-state index contributed by atoms with van der Waals surface area (Å²) in [5, 5.41) is 11.7. The van der Waals surface area contributed by atoms with Gasteiger partial charge in [0.1, 0.15) is 4.87 Å². The van der Waals surface area contributed by atoms with E-state index < -0.39 is 10.8 Å². The number of hydrogen-bond donors (Lipinski definition) is 3. The molecule has 1 amide bonds. The van der Waals surface area contributed by atoms with Crippen molar-refractivity contribution in [3.05, 3.63) is 0 Å². The van der Waals surface area contributed by atoms with Crippen molar-refractivity contribution in [2.24, 2.45) is 11.7 Å². The lowest BCUT2D eigenvalue weighted by Gasteiger charge is -2.27. The number of nitriles is 1. The second kappa shape index (κ2) is 7.53. The van der Waals surface area contributed by atoms with Crippen molar-refractivity contribution in [3.8, 4) is 6.07 Å². The average molecular weight is 243 g/mol. The van der Waals surface area contributed by atoms with Crippen LogP contribution in [0.5, 0.6) is 0 Å². The third-order valence-corrected chi connectivity index (χ3v) is 3.37. The summed E-state index contributed by atoms with van der Waals surface area (Å²) in [6.07, 6.45) is 3.01. The van der Waals surface area contributed by atoms with Crippen molar-refractivity contribution in [3.63, 3.8) is 0 Å². The average Bonchev–Trinajstić information content (AvgIpc) is 2.25. The van der Waals surface area contributed by atoms with Gasteiger partial charge in [0.15, 0.2) is 0 Å². The lowest BCUT2D eigenvalue weighted by atomic mass is 10.00. The molecule has 2 unspecified atom stereocenters. The zero-order valence-corrected chi connectivity index (χ0v) is 10.9. The summed E-state index contributed by atoms with van der Waals surface area (Å²) in [4.78, 5) is 10.2. The van der Waals surface area contributed by atoms with Crippen molar-refractivity contribution < 1.29 is 4.79 Å². The van der Waals surface area contributed by atoms with Gasteiger partial charge in [-0.25, -0.2) is 0 Å². The minimum absolute atomic E-state index is 0.257. The summed E-state index contributed by atoms with van der Waals surface area (Å²) < 4.78 is 0. The van der Waals surface area contributed by atoms with Crippen LogP contribution in [0.15, 0.2) is 0 Å². The summed E-state index contributed by atoms with van der Waals surface area (Å²) in [7, 11) is 0. The molecule has 0 fully saturated rings. The van der Waals surface area contributed by atoms with E-state index in [9.17, 15) is 4.79 Å². The van der Waals surface area contributed by atoms with Crippen LogP contribution >= 0.6 is 12.6 Å². The van der Waals surface area contributed by atoms with E-state index in [0.717, 1.165) is 12.8 Å². The van der Waals surface area contributed by atoms with Crippen LogP contribution in [0.25, 0.3) is 0 Å². The maximum absolute atomic E-state index is 11.2. The van der Waals surface area contributed by atoms with E-state index in [1.807, 2.05) is 6.92 Å². The number of primary amides is 1. The highest BCUT2D eigenvalue weighted by molar-refractivity contribution is 7.82. The number of amides is 1. The van der Waals surface area contributed by atoms with Crippen molar-refractivity contribution in [1.82, 2.24) is 5.32 Å². The fraction of sp³-hybridized carbons (Fsp3) is 0.818. The first-order valence-electron chi connectivity index (χ1n) is 5.64. The molecule has 5 heteroatoms. The van der Waals surface area contributed by atoms with Crippen molar-refractivity contribution in [2.45, 2.75) is 44.4 Å². The lowest BCUT2D eigenvalue weighted by Crippen LogP contribution is -2.52. The van der Waals surface area contributed by atoms with E-state index in [2.05, 4.69) is 30.9 Å². The molecule has 0 saturated carbocycles. The Bertz CT molecular complexity index is 264. The molecule has 0 aliphatic rings. The molecule has 0 aromatic heterocycles. The highest BCUT2D eigenvalue weighted by Gasteiger charge is 2.30. The first-order valence-corrected chi connectivity index (χ1v) is 6.09. The summed E-state index contributed by atoms with van der Waals surface area (Å²) >= 11 is 4.26. The minimum Gasteiger partial charge on any atom is -0.367 e. The normalized spacial score (nSPS) is 16.1. The molecule has 92 valence electrons. The second-order valence-electron chi connectivity index (χ2n) is 3.98. The van der Waals surface area contributed by atoms with Crippen LogP contribution in [0.4, 0.5) is 0 Å². The summed E-state index contributed by atoms with van der Waals surface area (Å²) in [6.45, 7) is 4.53. The third kappa shape index (κ3) is 4.86. The topological polar surface area (TPSA) is 78.9 Å². The molecule has 2 atom stereocenters. The first-order chi connectivity index (χ1) is 7.50. The van der Waals surface area contributed by atoms with Gasteiger partial charge in [-0.15, -0.1) is 12.6 Å². The van der Waals surface area contributed by atoms with Gasteiger partial charge < -0.3 is 5.73 Å². The van der Waals surface area contributed by atoms with E-state index in [1.165, 1.54) is 0 Å². The number of carbonyl (C=O) groups excluding carboxylic acids is 1. The third-order valence-electron chi connectivity index (χ3n) is 2.68. The van der Waals surface area contributed by atoms with Crippen LogP contribution in [-0.4, -0.2) is 17.3 Å². The van der Waals surface area contributed by atoms with Crippen LogP contribution < -0.4 is 11.1 Å². The monoisotopic (exact) mass is 243 g/mol. The molecule has 0 saturated heterocycles. The van der Waals surface area contributed by atoms with Gasteiger partial charge in [-0.05, 0) is 18.8 Å². The molecule has 0 aliphatic carbocycles. The molecule has 0 aromatic rings. The molecule has 0 radical (unpaired) electrons. The molecule has 4 nitrogen and oxygen atoms in total. The fourth-order valence-electron chi connectivity index (χ4n) is 1.51. The summed E-state index contributed by atoms with van der Waals surface area (Å²) in [5.41, 5.74) is 5.27. The molecular formula is C11H21N3OS. The number of nitrogens with one attached hydrogen (secondary N) is 1. The largest absolute Gasteiger partial charge is 0.367 e. The van der Waals surface area contributed by atoms with E-state index in [0.29, 0.717) is 19.4 Å². The van der Waals surface area contributed by atoms with Crippen molar-refractivity contribution in [2.75, 3.05) is 6.54 Å². The zero-order chi connectivity index (χ0) is 12.6. The number of thiol groups is 1. The number of carbonyl (C=O) groups is 1. The minimum atomic E-state index is -0.957. The molecule has 16 heavy (non-hydrogen) atoms. The quantitative estimate of drug-likeness (QED) is 0.446. The van der Waals surface area contributed by atoms with E-state index in [1.54, 1.807) is 0 Å². The van der Waals surface area contributed by atoms with Crippen LogP contribution in [0.2, 0.25) is 0 Å². The van der Waals surface area contributed by atoms with Gasteiger partial charge in [-0.2, -0.15) is 5.26 Å². The Balaban J connectivity index is 4.27. The molecule has 0 rings (SSSR count). The molecule has 0 aromatic carbocycles. The summed E-state index contributed by atoms with van der Waals surface area (Å²) in [5.74, 6) is -0.210. The van der Waals surface area contributed by atoms with Gasteiger partial charge in [-0.3, -0.25) is 10.1 Å². The smallest absolute Gasteiger partial charge is 0.247 e. The van der Waals surface area contributed by atoms with E-state index in [4.69, 9.17) is 11.0 Å². The number of nitrogens with zero attached hydrogens (tertiary/aromatic N) is 1. The standard InChI is InChI=1S/C11H21N3OS/c1-3-5-9(6-7-12)8-14-11(16,4-2)10(13)15/h9,14,16H,3-6,8H2,1-2H3,(H2,13,15). The Morgan fingerprint density at radius 2 is 2.25 bits per heavy atom. The molecule has 0 bridgehead atoms. The van der Waals surface area contributed by atoms with Gasteiger partial charge in [0.2, 0.25) is 5.91 Å². The highest BCUT2D eigenvalue weighted by Crippen LogP contribution is 2.17. The van der Waals surface area contributed by atoms with Gasteiger partial charge in [0.05, 0.1) is 6.07 Å². The van der Waals surface area contributed by atoms with Crippen LogP contribution in [0, 0.1) is 17.2 Å². The maximum Gasteiger partial charge on any atom is 0.247 e. The number of rotatable bonds is 8. The highest BCUT2D eigenvalue weighted by atomic mass is 32.1. The molecular weight excluding hydrogens is 222 g/mol. The van der Waals surface area contributed by atoms with Crippen LogP contribution in [0.1, 0.15) is 39.5 Å². The Kier molecular flexibility index (Phi) is 7.18. The van der Waals surface area contributed by atoms with E-state index in [-0.39, 0.29) is 5.92 Å². The summed E-state index contributed by atoms with van der Waals surface area (Å²) in [6, 6.07) is 2.15. The fourth-order valence-corrected chi connectivity index (χ4v) is 1.60. The molecule has 0 heterocycles. The number of nitrogens with two attached hydrogens (primary N) is 1. The zero-order valence-electron chi connectivity index (χ0n) is 9.99. The Morgan fingerprint density at radius 3 is 2.62 bits per heavy atom. The Hall–Kier alpha value is -0.730. The predicted octanol–water partition coefficient (Wildman–Crippen LogP) is 1.43. The van der Waals surface area contributed by atoms with Crippen LogP contribution in [-0.2, 0) is 4.79 Å².